The summed E-state index contributed by atoms with van der Waals surface area (Å²) in [5.41, 5.74) is 4.08. The van der Waals surface area contributed by atoms with Crippen molar-refractivity contribution in [1.82, 2.24) is 9.80 Å². The van der Waals surface area contributed by atoms with Gasteiger partial charge in [-0.25, -0.2) is 0 Å². The number of nitrogens with zero attached hydrogens (tertiary/aromatic N) is 2. The lowest BCUT2D eigenvalue weighted by atomic mass is 9.68. The molecule has 3 fully saturated rings. The molecule has 4 aliphatic rings. The van der Waals surface area contributed by atoms with Crippen molar-refractivity contribution in [2.45, 2.75) is 57.5 Å². The number of anilines is 1. The van der Waals surface area contributed by atoms with E-state index in [2.05, 4.69) is 52.4 Å². The van der Waals surface area contributed by atoms with Crippen molar-refractivity contribution in [3.05, 3.63) is 41.5 Å². The molecule has 27 heavy (non-hydrogen) atoms. The zero-order chi connectivity index (χ0) is 18.4. The number of nitrogens with one attached hydrogen (secondary N) is 1. The van der Waals surface area contributed by atoms with Crippen molar-refractivity contribution >= 4 is 23.0 Å². The fourth-order valence-electron chi connectivity index (χ4n) is 6.10. The van der Waals surface area contributed by atoms with Crippen LogP contribution >= 0.6 is 12.2 Å². The predicted octanol–water partition coefficient (Wildman–Crippen LogP) is 4.59. The second-order valence-corrected chi connectivity index (χ2v) is 9.33. The van der Waals surface area contributed by atoms with Crippen LogP contribution in [0.4, 0.5) is 5.69 Å². The summed E-state index contributed by atoms with van der Waals surface area (Å²) in [4.78, 5) is 5.32. The number of benzene rings is 1. The van der Waals surface area contributed by atoms with Crippen LogP contribution in [0.1, 0.15) is 44.1 Å². The second-order valence-electron chi connectivity index (χ2n) is 8.95. The second kappa shape index (κ2) is 7.21. The van der Waals surface area contributed by atoms with Gasteiger partial charge in [-0.15, -0.1) is 0 Å². The highest BCUT2D eigenvalue weighted by atomic mass is 32.1. The van der Waals surface area contributed by atoms with Gasteiger partial charge in [-0.05, 0) is 81.3 Å². The van der Waals surface area contributed by atoms with Crippen LogP contribution in [0.3, 0.4) is 0 Å². The average molecular weight is 382 g/mol. The van der Waals surface area contributed by atoms with Crippen molar-refractivity contribution in [3.63, 3.8) is 0 Å². The molecular weight excluding hydrogens is 350 g/mol. The SMILES string of the molecule is Cc1ccccc1NC(=S)N1CCCC2=C[C@H]3C[C@H](CN4CCCC[C@H]34)[C@@H]21. The first kappa shape index (κ1) is 17.7. The van der Waals surface area contributed by atoms with Gasteiger partial charge in [0.15, 0.2) is 5.11 Å². The lowest BCUT2D eigenvalue weighted by molar-refractivity contribution is 0.0132. The third-order valence-electron chi connectivity index (χ3n) is 7.30. The van der Waals surface area contributed by atoms with Gasteiger partial charge in [-0.1, -0.05) is 36.3 Å². The van der Waals surface area contributed by atoms with E-state index in [4.69, 9.17) is 12.2 Å². The summed E-state index contributed by atoms with van der Waals surface area (Å²) in [6.45, 7) is 5.81. The highest BCUT2D eigenvalue weighted by Gasteiger charge is 2.46. The van der Waals surface area contributed by atoms with Crippen LogP contribution in [0.25, 0.3) is 0 Å². The van der Waals surface area contributed by atoms with E-state index >= 15 is 0 Å². The van der Waals surface area contributed by atoms with Crippen molar-refractivity contribution in [1.29, 1.82) is 0 Å². The van der Waals surface area contributed by atoms with Gasteiger partial charge >= 0.3 is 0 Å². The van der Waals surface area contributed by atoms with Gasteiger partial charge in [0.1, 0.15) is 0 Å². The number of hydrogen-bond donors (Lipinski definition) is 1. The molecule has 3 aliphatic heterocycles. The molecule has 0 unspecified atom stereocenters. The quantitative estimate of drug-likeness (QED) is 0.566. The zero-order valence-electron chi connectivity index (χ0n) is 16.4. The molecule has 2 bridgehead atoms. The molecule has 1 aliphatic carbocycles. The zero-order valence-corrected chi connectivity index (χ0v) is 17.2. The molecule has 0 radical (unpaired) electrons. The molecule has 3 nitrogen and oxygen atoms in total. The highest BCUT2D eigenvalue weighted by Crippen LogP contribution is 2.45. The molecule has 3 heterocycles. The molecule has 0 spiro atoms. The van der Waals surface area contributed by atoms with E-state index in [1.807, 2.05) is 0 Å². The fourth-order valence-corrected chi connectivity index (χ4v) is 6.42. The van der Waals surface area contributed by atoms with Crippen LogP contribution in [0.15, 0.2) is 35.9 Å². The molecule has 1 aromatic carbocycles. The minimum absolute atomic E-state index is 0.516. The van der Waals surface area contributed by atoms with E-state index in [0.29, 0.717) is 6.04 Å². The molecule has 0 aromatic heterocycles. The summed E-state index contributed by atoms with van der Waals surface area (Å²) >= 11 is 5.92. The number of piperidine rings is 3. The normalized spacial score (nSPS) is 32.9. The third kappa shape index (κ3) is 3.21. The lowest BCUT2D eigenvalue weighted by Gasteiger charge is -2.55. The summed E-state index contributed by atoms with van der Waals surface area (Å²) < 4.78 is 0. The molecule has 1 aromatic rings. The molecule has 144 valence electrons. The molecule has 3 saturated heterocycles. The van der Waals surface area contributed by atoms with Gasteiger partial charge in [-0.2, -0.15) is 0 Å². The van der Waals surface area contributed by atoms with Crippen molar-refractivity contribution in [3.8, 4) is 0 Å². The van der Waals surface area contributed by atoms with Crippen molar-refractivity contribution < 1.29 is 0 Å². The Morgan fingerprint density at radius 1 is 1.15 bits per heavy atom. The Balaban J connectivity index is 1.40. The number of rotatable bonds is 1. The summed E-state index contributed by atoms with van der Waals surface area (Å²) in [5.74, 6) is 1.52. The van der Waals surface area contributed by atoms with E-state index in [9.17, 15) is 0 Å². The van der Waals surface area contributed by atoms with Crippen LogP contribution in [0.5, 0.6) is 0 Å². The van der Waals surface area contributed by atoms with Crippen molar-refractivity contribution in [2.75, 3.05) is 25.0 Å². The first-order valence-corrected chi connectivity index (χ1v) is 11.2. The van der Waals surface area contributed by atoms with E-state index in [1.54, 1.807) is 5.57 Å². The number of hydrogen-bond acceptors (Lipinski definition) is 2. The van der Waals surface area contributed by atoms with Crippen LogP contribution < -0.4 is 5.32 Å². The van der Waals surface area contributed by atoms with Crippen molar-refractivity contribution in [2.24, 2.45) is 11.8 Å². The molecule has 5 rings (SSSR count). The van der Waals surface area contributed by atoms with Gasteiger partial charge in [-0.3, -0.25) is 4.90 Å². The van der Waals surface area contributed by atoms with Crippen LogP contribution in [0.2, 0.25) is 0 Å². The van der Waals surface area contributed by atoms with Gasteiger partial charge in [0, 0.05) is 24.8 Å². The minimum atomic E-state index is 0.516. The number of aryl methyl sites for hydroxylation is 1. The number of para-hydroxylation sites is 1. The Kier molecular flexibility index (Phi) is 4.73. The maximum atomic E-state index is 5.92. The molecule has 4 heteroatoms. The molecule has 1 N–H and O–H groups in total. The maximum Gasteiger partial charge on any atom is 0.173 e. The third-order valence-corrected chi connectivity index (χ3v) is 7.64. The molecule has 4 atom stereocenters. The van der Waals surface area contributed by atoms with E-state index in [-0.39, 0.29) is 0 Å². The average Bonchev–Trinajstić information content (AvgIpc) is 2.69. The van der Waals surface area contributed by atoms with Gasteiger partial charge < -0.3 is 10.2 Å². The smallest absolute Gasteiger partial charge is 0.173 e. The Bertz CT molecular complexity index is 758. The topological polar surface area (TPSA) is 18.5 Å². The summed E-state index contributed by atoms with van der Waals surface area (Å²) in [7, 11) is 0. The molecule has 0 amide bonds. The van der Waals surface area contributed by atoms with E-state index in [0.717, 1.165) is 35.2 Å². The highest BCUT2D eigenvalue weighted by molar-refractivity contribution is 7.80. The van der Waals surface area contributed by atoms with Gasteiger partial charge in [0.2, 0.25) is 0 Å². The summed E-state index contributed by atoms with van der Waals surface area (Å²) in [6.07, 6.45) is 10.7. The monoisotopic (exact) mass is 381 g/mol. The number of likely N-dealkylation sites (tertiary alicyclic amines) is 1. The molecular formula is C23H31N3S. The van der Waals surface area contributed by atoms with Gasteiger partial charge in [0.25, 0.3) is 0 Å². The standard InChI is InChI=1S/C23H31N3S/c1-16-7-2-3-9-20(16)24-23(27)26-12-6-8-17-13-18-14-19(22(17)26)15-25-11-5-4-10-21(18)25/h2-3,7,9,13,18-19,21-22H,4-6,8,10-12,14-15H2,1H3,(H,24,27)/t18-,19+,21+,22+/m0/s1. The summed E-state index contributed by atoms with van der Waals surface area (Å²) in [5, 5.41) is 4.48. The minimum Gasteiger partial charge on any atom is -0.342 e. The first-order valence-electron chi connectivity index (χ1n) is 10.8. The van der Waals surface area contributed by atoms with Crippen LogP contribution in [-0.2, 0) is 0 Å². The van der Waals surface area contributed by atoms with E-state index in [1.165, 1.54) is 57.2 Å². The predicted molar refractivity (Wildman–Crippen MR) is 116 cm³/mol. The van der Waals surface area contributed by atoms with Crippen LogP contribution in [0, 0.1) is 18.8 Å². The number of fused-ring (bicyclic) bond motifs is 6. The summed E-state index contributed by atoms with van der Waals surface area (Å²) in [6, 6.07) is 9.79. The van der Waals surface area contributed by atoms with E-state index < -0.39 is 0 Å². The Morgan fingerprint density at radius 3 is 2.93 bits per heavy atom. The van der Waals surface area contributed by atoms with Gasteiger partial charge in [0.05, 0.1) is 6.04 Å². The maximum absolute atomic E-state index is 5.92. The Labute approximate surface area is 168 Å². The largest absolute Gasteiger partial charge is 0.342 e. The van der Waals surface area contributed by atoms with Crippen LogP contribution in [-0.4, -0.2) is 46.6 Å². The Morgan fingerprint density at radius 2 is 2.04 bits per heavy atom. The fraction of sp³-hybridized carbons (Fsp3) is 0.609. The lowest BCUT2D eigenvalue weighted by Crippen LogP contribution is -2.60. The Hall–Kier alpha value is -1.39. The number of thiocarbonyl (C=S) groups is 1. The molecule has 0 saturated carbocycles. The first-order chi connectivity index (χ1) is 13.2.